The third-order valence-corrected chi connectivity index (χ3v) is 4.95. The fraction of sp³-hybridized carbons (Fsp3) is 0.0625. The Labute approximate surface area is 130 Å². The van der Waals surface area contributed by atoms with Crippen LogP contribution in [0.3, 0.4) is 0 Å². The number of hydrogen-bond acceptors (Lipinski definition) is 4. The lowest BCUT2D eigenvalue weighted by atomic mass is 10.1. The molecule has 0 atom stereocenters. The summed E-state index contributed by atoms with van der Waals surface area (Å²) in [4.78, 5) is 2.26. The molecule has 0 fully saturated rings. The summed E-state index contributed by atoms with van der Waals surface area (Å²) >= 11 is 3.27. The van der Waals surface area contributed by atoms with Gasteiger partial charge in [-0.15, -0.1) is 22.7 Å². The lowest BCUT2D eigenvalue weighted by Crippen LogP contribution is -2.11. The molecule has 0 aliphatic carbocycles. The molecule has 2 aromatic heterocycles. The van der Waals surface area contributed by atoms with Crippen LogP contribution < -0.4 is 5.32 Å². The average Bonchev–Trinajstić information content (AvgIpc) is 3.18. The van der Waals surface area contributed by atoms with Crippen LogP contribution in [0.4, 0.5) is 10.1 Å². The second-order valence-corrected chi connectivity index (χ2v) is 6.34. The van der Waals surface area contributed by atoms with E-state index in [9.17, 15) is 4.39 Å². The number of benzene rings is 1. The van der Waals surface area contributed by atoms with Crippen molar-refractivity contribution in [2.45, 2.75) is 6.04 Å². The van der Waals surface area contributed by atoms with E-state index in [1.165, 1.54) is 6.07 Å². The van der Waals surface area contributed by atoms with Crippen molar-refractivity contribution in [2.24, 2.45) is 0 Å². The molecule has 3 aromatic rings. The van der Waals surface area contributed by atoms with Gasteiger partial charge in [0.25, 0.3) is 0 Å². The Kier molecular flexibility index (Phi) is 4.00. The molecular formula is C16H11FN2S2. The second-order valence-electron chi connectivity index (χ2n) is 4.38. The molecule has 1 aromatic carbocycles. The van der Waals surface area contributed by atoms with E-state index in [-0.39, 0.29) is 11.6 Å². The number of nitrogens with zero attached hydrogens (tertiary/aromatic N) is 1. The standard InChI is InChI=1S/C16H11FN2S2/c17-12-4-1-5-13(11(12)10-18)19-16(14-6-2-8-20-14)15-7-3-9-21-15/h1-9,16,19H. The largest absolute Gasteiger partial charge is 0.372 e. The molecule has 0 saturated carbocycles. The molecule has 0 bridgehead atoms. The molecule has 104 valence electrons. The first kappa shape index (κ1) is 13.8. The minimum absolute atomic E-state index is 0.0515. The summed E-state index contributed by atoms with van der Waals surface area (Å²) in [5.74, 6) is -0.501. The van der Waals surface area contributed by atoms with Crippen LogP contribution in [0.25, 0.3) is 0 Å². The van der Waals surface area contributed by atoms with Crippen LogP contribution in [0.5, 0.6) is 0 Å². The number of nitriles is 1. The molecule has 1 N–H and O–H groups in total. The number of nitrogens with one attached hydrogen (secondary N) is 1. The SMILES string of the molecule is N#Cc1c(F)cccc1NC(c1cccs1)c1cccs1. The van der Waals surface area contributed by atoms with Gasteiger partial charge in [-0.3, -0.25) is 0 Å². The first-order valence-electron chi connectivity index (χ1n) is 6.31. The maximum Gasteiger partial charge on any atom is 0.143 e. The molecule has 0 amide bonds. The van der Waals surface area contributed by atoms with E-state index < -0.39 is 5.82 Å². The average molecular weight is 314 g/mol. The molecule has 0 saturated heterocycles. The van der Waals surface area contributed by atoms with Gasteiger partial charge in [-0.25, -0.2) is 4.39 Å². The van der Waals surface area contributed by atoms with Crippen LogP contribution in [0, 0.1) is 17.1 Å². The predicted molar refractivity (Wildman–Crippen MR) is 85.2 cm³/mol. The highest BCUT2D eigenvalue weighted by atomic mass is 32.1. The first-order valence-corrected chi connectivity index (χ1v) is 8.07. The Morgan fingerprint density at radius 2 is 1.67 bits per heavy atom. The molecule has 2 nitrogen and oxygen atoms in total. The Bertz CT molecular complexity index is 724. The van der Waals surface area contributed by atoms with Gasteiger partial charge in [-0.2, -0.15) is 5.26 Å². The van der Waals surface area contributed by atoms with Crippen molar-refractivity contribution in [1.82, 2.24) is 0 Å². The van der Waals surface area contributed by atoms with Gasteiger partial charge < -0.3 is 5.32 Å². The van der Waals surface area contributed by atoms with Crippen molar-refractivity contribution in [3.05, 3.63) is 74.4 Å². The van der Waals surface area contributed by atoms with E-state index in [1.807, 2.05) is 41.1 Å². The Balaban J connectivity index is 2.01. The van der Waals surface area contributed by atoms with Gasteiger partial charge in [-0.1, -0.05) is 18.2 Å². The fourth-order valence-corrected chi connectivity index (χ4v) is 3.77. The summed E-state index contributed by atoms with van der Waals surface area (Å²) in [6.45, 7) is 0. The molecule has 0 radical (unpaired) electrons. The minimum atomic E-state index is -0.501. The zero-order chi connectivity index (χ0) is 14.7. The lowest BCUT2D eigenvalue weighted by Gasteiger charge is -2.18. The summed E-state index contributed by atoms with van der Waals surface area (Å²) in [5.41, 5.74) is 0.569. The van der Waals surface area contributed by atoms with Gasteiger partial charge in [0.05, 0.1) is 11.7 Å². The van der Waals surface area contributed by atoms with E-state index >= 15 is 0 Å². The maximum atomic E-state index is 13.7. The topological polar surface area (TPSA) is 35.8 Å². The van der Waals surface area contributed by atoms with E-state index in [2.05, 4.69) is 5.32 Å². The molecular weight excluding hydrogens is 303 g/mol. The third-order valence-electron chi connectivity index (χ3n) is 3.08. The monoisotopic (exact) mass is 314 g/mol. The van der Waals surface area contributed by atoms with Crippen LogP contribution in [0.2, 0.25) is 0 Å². The van der Waals surface area contributed by atoms with E-state index in [0.717, 1.165) is 9.75 Å². The van der Waals surface area contributed by atoms with Gasteiger partial charge in [0.1, 0.15) is 17.4 Å². The van der Waals surface area contributed by atoms with Crippen LogP contribution in [0.15, 0.2) is 53.2 Å². The van der Waals surface area contributed by atoms with Gasteiger partial charge in [0, 0.05) is 9.75 Å². The normalized spacial score (nSPS) is 10.5. The van der Waals surface area contributed by atoms with Gasteiger partial charge in [0.2, 0.25) is 0 Å². The molecule has 3 rings (SSSR count). The number of thiophene rings is 2. The highest BCUT2D eigenvalue weighted by Gasteiger charge is 2.18. The Morgan fingerprint density at radius 1 is 1.00 bits per heavy atom. The Morgan fingerprint density at radius 3 is 2.19 bits per heavy atom. The van der Waals surface area contributed by atoms with Crippen LogP contribution in [-0.2, 0) is 0 Å². The smallest absolute Gasteiger partial charge is 0.143 e. The maximum absolute atomic E-state index is 13.7. The van der Waals surface area contributed by atoms with Crippen molar-refractivity contribution in [1.29, 1.82) is 5.26 Å². The second kappa shape index (κ2) is 6.08. The van der Waals surface area contributed by atoms with Crippen LogP contribution in [0.1, 0.15) is 21.4 Å². The minimum Gasteiger partial charge on any atom is -0.372 e. The molecule has 0 aliphatic rings. The van der Waals surface area contributed by atoms with Crippen molar-refractivity contribution in [3.63, 3.8) is 0 Å². The zero-order valence-electron chi connectivity index (χ0n) is 10.9. The number of hydrogen-bond donors (Lipinski definition) is 1. The summed E-state index contributed by atoms with van der Waals surface area (Å²) in [6, 6.07) is 14.5. The number of halogens is 1. The fourth-order valence-electron chi connectivity index (χ4n) is 2.11. The van der Waals surface area contributed by atoms with Crippen molar-refractivity contribution in [2.75, 3.05) is 5.32 Å². The van der Waals surface area contributed by atoms with Gasteiger partial charge >= 0.3 is 0 Å². The van der Waals surface area contributed by atoms with E-state index in [1.54, 1.807) is 34.8 Å². The van der Waals surface area contributed by atoms with Crippen LogP contribution in [-0.4, -0.2) is 0 Å². The molecule has 0 unspecified atom stereocenters. The third kappa shape index (κ3) is 2.82. The summed E-state index contributed by atoms with van der Waals surface area (Å²) < 4.78 is 13.7. The summed E-state index contributed by atoms with van der Waals surface area (Å²) in [6.07, 6.45) is 0. The van der Waals surface area contributed by atoms with Crippen molar-refractivity contribution >= 4 is 28.4 Å². The summed E-state index contributed by atoms with van der Waals surface area (Å²) in [7, 11) is 0. The van der Waals surface area contributed by atoms with Crippen molar-refractivity contribution < 1.29 is 4.39 Å². The summed E-state index contributed by atoms with van der Waals surface area (Å²) in [5, 5.41) is 16.5. The zero-order valence-corrected chi connectivity index (χ0v) is 12.5. The molecule has 0 aliphatic heterocycles. The number of anilines is 1. The van der Waals surface area contributed by atoms with Crippen molar-refractivity contribution in [3.8, 4) is 6.07 Å². The first-order chi connectivity index (χ1) is 10.3. The molecule has 21 heavy (non-hydrogen) atoms. The highest BCUT2D eigenvalue weighted by Crippen LogP contribution is 2.33. The molecule has 0 spiro atoms. The Hall–Kier alpha value is -2.16. The van der Waals surface area contributed by atoms with E-state index in [4.69, 9.17) is 5.26 Å². The van der Waals surface area contributed by atoms with E-state index in [0.29, 0.717) is 5.69 Å². The highest BCUT2D eigenvalue weighted by molar-refractivity contribution is 7.11. The predicted octanol–water partition coefficient (Wildman–Crippen LogP) is 5.02. The lowest BCUT2D eigenvalue weighted by molar-refractivity contribution is 0.624. The number of rotatable bonds is 4. The molecule has 5 heteroatoms. The van der Waals surface area contributed by atoms with Gasteiger partial charge in [0.15, 0.2) is 0 Å². The molecule has 2 heterocycles. The quantitative estimate of drug-likeness (QED) is 0.734. The van der Waals surface area contributed by atoms with Crippen LogP contribution >= 0.6 is 22.7 Å². The van der Waals surface area contributed by atoms with Gasteiger partial charge in [-0.05, 0) is 35.0 Å².